The van der Waals surface area contributed by atoms with Gasteiger partial charge >= 0.3 is 5.97 Å². The first-order valence-electron chi connectivity index (χ1n) is 5.99. The van der Waals surface area contributed by atoms with Crippen molar-refractivity contribution in [2.75, 3.05) is 0 Å². The van der Waals surface area contributed by atoms with Crippen LogP contribution in [0.3, 0.4) is 0 Å². The summed E-state index contributed by atoms with van der Waals surface area (Å²) in [6.45, 7) is 1.79. The molecule has 2 aliphatic carbocycles. The van der Waals surface area contributed by atoms with E-state index in [1.54, 1.807) is 13.0 Å². The van der Waals surface area contributed by atoms with Gasteiger partial charge in [-0.15, -0.1) is 0 Å². The minimum absolute atomic E-state index is 0.153. The Hall–Kier alpha value is -1.25. The first-order valence-corrected chi connectivity index (χ1v) is 5.99. The van der Waals surface area contributed by atoms with E-state index in [-0.39, 0.29) is 12.1 Å². The number of hydrogen-bond donors (Lipinski definition) is 0. The van der Waals surface area contributed by atoms with Gasteiger partial charge in [-0.25, -0.2) is 4.79 Å². The maximum atomic E-state index is 11.9. The number of furan rings is 1. The number of carbonyl (C=O) groups excluding carboxylic acids is 1. The van der Waals surface area contributed by atoms with E-state index in [1.807, 2.05) is 0 Å². The van der Waals surface area contributed by atoms with Crippen LogP contribution >= 0.6 is 0 Å². The Morgan fingerprint density at radius 3 is 2.88 bits per heavy atom. The second-order valence-corrected chi connectivity index (χ2v) is 5.01. The summed E-state index contributed by atoms with van der Waals surface area (Å²) in [6, 6.07) is 1.69. The van der Waals surface area contributed by atoms with Gasteiger partial charge in [-0.3, -0.25) is 0 Å². The molecule has 16 heavy (non-hydrogen) atoms. The van der Waals surface area contributed by atoms with Gasteiger partial charge in [0.05, 0.1) is 6.26 Å². The normalized spacial score (nSPS) is 31.9. The summed E-state index contributed by atoms with van der Waals surface area (Å²) in [7, 11) is 0. The fourth-order valence-corrected chi connectivity index (χ4v) is 3.13. The first kappa shape index (κ1) is 9.94. The lowest BCUT2D eigenvalue weighted by atomic mass is 9.98. The lowest BCUT2D eigenvalue weighted by Crippen LogP contribution is -2.24. The predicted octanol–water partition coefficient (Wildman–Crippen LogP) is 2.93. The van der Waals surface area contributed by atoms with Gasteiger partial charge in [-0.2, -0.15) is 0 Å². The number of esters is 1. The van der Waals surface area contributed by atoms with E-state index in [2.05, 4.69) is 0 Å². The third kappa shape index (κ3) is 1.55. The van der Waals surface area contributed by atoms with Crippen LogP contribution in [0.15, 0.2) is 16.7 Å². The molecule has 2 aliphatic rings. The molecule has 2 saturated carbocycles. The van der Waals surface area contributed by atoms with Crippen LogP contribution < -0.4 is 0 Å². The fraction of sp³-hybridized carbons (Fsp3) is 0.615. The van der Waals surface area contributed by atoms with Gasteiger partial charge in [0.1, 0.15) is 17.4 Å². The Labute approximate surface area is 94.8 Å². The van der Waals surface area contributed by atoms with E-state index in [0.717, 1.165) is 12.3 Å². The van der Waals surface area contributed by atoms with Crippen molar-refractivity contribution in [2.24, 2.45) is 11.8 Å². The van der Waals surface area contributed by atoms with E-state index in [9.17, 15) is 4.79 Å². The average Bonchev–Trinajstić information content (AvgIpc) is 2.92. The van der Waals surface area contributed by atoms with Crippen molar-refractivity contribution in [3.63, 3.8) is 0 Å². The molecule has 2 bridgehead atoms. The van der Waals surface area contributed by atoms with Gasteiger partial charge in [0.25, 0.3) is 0 Å². The van der Waals surface area contributed by atoms with Crippen molar-refractivity contribution in [3.8, 4) is 0 Å². The van der Waals surface area contributed by atoms with E-state index in [4.69, 9.17) is 9.15 Å². The minimum atomic E-state index is -0.219. The highest BCUT2D eigenvalue weighted by molar-refractivity contribution is 5.90. The molecule has 3 atom stereocenters. The molecule has 0 saturated heterocycles. The summed E-state index contributed by atoms with van der Waals surface area (Å²) in [5.74, 6) is 1.84. The summed E-state index contributed by atoms with van der Waals surface area (Å²) in [4.78, 5) is 11.9. The monoisotopic (exact) mass is 220 g/mol. The molecule has 1 aromatic heterocycles. The van der Waals surface area contributed by atoms with Gasteiger partial charge in [0.2, 0.25) is 0 Å². The van der Waals surface area contributed by atoms with Gasteiger partial charge in [-0.1, -0.05) is 0 Å². The summed E-state index contributed by atoms with van der Waals surface area (Å²) in [5.41, 5.74) is 0.572. The third-order valence-corrected chi connectivity index (χ3v) is 4.01. The van der Waals surface area contributed by atoms with Crippen molar-refractivity contribution in [2.45, 2.75) is 38.7 Å². The largest absolute Gasteiger partial charge is 0.469 e. The highest BCUT2D eigenvalue weighted by Crippen LogP contribution is 2.46. The fourth-order valence-electron chi connectivity index (χ4n) is 3.13. The Balaban J connectivity index is 1.67. The predicted molar refractivity (Wildman–Crippen MR) is 58.1 cm³/mol. The maximum Gasteiger partial charge on any atom is 0.341 e. The molecule has 3 rings (SSSR count). The van der Waals surface area contributed by atoms with Crippen molar-refractivity contribution in [1.29, 1.82) is 0 Å². The smallest absolute Gasteiger partial charge is 0.341 e. The number of fused-ring (bicyclic) bond motifs is 2. The van der Waals surface area contributed by atoms with E-state index < -0.39 is 0 Å². The lowest BCUT2D eigenvalue weighted by molar-refractivity contribution is 0.0157. The standard InChI is InChI=1S/C13H16O3/c1-8-11(4-5-15-8)13(14)16-12-7-9-2-3-10(12)6-9/h4-5,9-10,12H,2-3,6-7H2,1H3. The molecule has 3 heteroatoms. The van der Waals surface area contributed by atoms with Crippen molar-refractivity contribution < 1.29 is 13.9 Å². The summed E-state index contributed by atoms with van der Waals surface area (Å²) in [6.07, 6.45) is 6.55. The SMILES string of the molecule is Cc1occc1C(=O)OC1CC2CCC1C2. The van der Waals surface area contributed by atoms with Crippen LogP contribution in [0.4, 0.5) is 0 Å². The summed E-state index contributed by atoms with van der Waals surface area (Å²) >= 11 is 0. The van der Waals surface area contributed by atoms with Crippen molar-refractivity contribution in [3.05, 3.63) is 23.7 Å². The molecular weight excluding hydrogens is 204 g/mol. The molecule has 2 fully saturated rings. The Morgan fingerprint density at radius 2 is 2.31 bits per heavy atom. The Morgan fingerprint density at radius 1 is 1.44 bits per heavy atom. The van der Waals surface area contributed by atoms with Gasteiger partial charge in [0, 0.05) is 0 Å². The lowest BCUT2D eigenvalue weighted by Gasteiger charge is -2.21. The van der Waals surface area contributed by atoms with E-state index >= 15 is 0 Å². The molecule has 1 aromatic rings. The second-order valence-electron chi connectivity index (χ2n) is 5.01. The number of rotatable bonds is 2. The van der Waals surface area contributed by atoms with Crippen molar-refractivity contribution in [1.82, 2.24) is 0 Å². The zero-order valence-electron chi connectivity index (χ0n) is 9.44. The molecule has 0 spiro atoms. The number of ether oxygens (including phenoxy) is 1. The molecule has 0 radical (unpaired) electrons. The van der Waals surface area contributed by atoms with E-state index in [1.165, 1.54) is 25.5 Å². The molecule has 0 aliphatic heterocycles. The van der Waals surface area contributed by atoms with Gasteiger partial charge in [-0.05, 0) is 50.5 Å². The summed E-state index contributed by atoms with van der Waals surface area (Å²) in [5, 5.41) is 0. The number of carbonyl (C=O) groups is 1. The van der Waals surface area contributed by atoms with Crippen LogP contribution in [0.5, 0.6) is 0 Å². The zero-order valence-corrected chi connectivity index (χ0v) is 9.44. The third-order valence-electron chi connectivity index (χ3n) is 4.01. The van der Waals surface area contributed by atoms with E-state index in [0.29, 0.717) is 17.2 Å². The molecule has 0 amide bonds. The highest BCUT2D eigenvalue weighted by Gasteiger charge is 2.41. The number of aryl methyl sites for hydroxylation is 1. The molecule has 0 aromatic carbocycles. The van der Waals surface area contributed by atoms with Crippen LogP contribution in [0.25, 0.3) is 0 Å². The Bertz CT molecular complexity index is 407. The summed E-state index contributed by atoms with van der Waals surface area (Å²) < 4.78 is 10.7. The quantitative estimate of drug-likeness (QED) is 0.719. The Kier molecular flexibility index (Phi) is 2.27. The van der Waals surface area contributed by atoms with Crippen LogP contribution in [-0.4, -0.2) is 12.1 Å². The minimum Gasteiger partial charge on any atom is -0.469 e. The van der Waals surface area contributed by atoms with Crippen molar-refractivity contribution >= 4 is 5.97 Å². The van der Waals surface area contributed by atoms with Gasteiger partial charge in [0.15, 0.2) is 0 Å². The molecule has 3 nitrogen and oxygen atoms in total. The van der Waals surface area contributed by atoms with Gasteiger partial charge < -0.3 is 9.15 Å². The number of hydrogen-bond acceptors (Lipinski definition) is 3. The molecule has 0 N–H and O–H groups in total. The maximum absolute atomic E-state index is 11.9. The molecule has 1 heterocycles. The van der Waals surface area contributed by atoms with Crippen LogP contribution in [0.1, 0.15) is 41.8 Å². The molecular formula is C13H16O3. The second kappa shape index (κ2) is 3.65. The van der Waals surface area contributed by atoms with Crippen LogP contribution in [0, 0.1) is 18.8 Å². The molecule has 86 valence electrons. The topological polar surface area (TPSA) is 39.4 Å². The average molecular weight is 220 g/mol. The highest BCUT2D eigenvalue weighted by atomic mass is 16.5. The first-order chi connectivity index (χ1) is 7.74. The van der Waals surface area contributed by atoms with Crippen LogP contribution in [-0.2, 0) is 4.74 Å². The van der Waals surface area contributed by atoms with Crippen LogP contribution in [0.2, 0.25) is 0 Å². The zero-order chi connectivity index (χ0) is 11.1. The molecule has 3 unspecified atom stereocenters.